The maximum absolute atomic E-state index is 13.1. The number of nitrogens with zero attached hydrogens (tertiary/aromatic N) is 2. The van der Waals surface area contributed by atoms with Crippen molar-refractivity contribution in [3.8, 4) is 5.75 Å². The lowest BCUT2D eigenvalue weighted by atomic mass is 10.1. The molecule has 13 heteroatoms. The number of anilines is 1. The molecule has 1 amide bonds. The highest BCUT2D eigenvalue weighted by atomic mass is 32.2. The highest BCUT2D eigenvalue weighted by Crippen LogP contribution is 2.30. The lowest BCUT2D eigenvalue weighted by molar-refractivity contribution is -0.384. The third-order valence-corrected chi connectivity index (χ3v) is 6.74. The largest absolute Gasteiger partial charge is 0.495 e. The second-order valence-corrected chi connectivity index (χ2v) is 8.76. The SMILES string of the molecule is COC(=O)c1cc(C(=O)Nc2ccc(OC)c(S(=O)(=O)N3CCOCC3)c2)cc([N+](=O)[O-])c1. The molecule has 2 aromatic rings. The van der Waals surface area contributed by atoms with E-state index in [0.717, 1.165) is 25.3 Å². The van der Waals surface area contributed by atoms with Crippen LogP contribution in [0.1, 0.15) is 20.7 Å². The van der Waals surface area contributed by atoms with Gasteiger partial charge >= 0.3 is 5.97 Å². The Hall–Kier alpha value is -3.55. The van der Waals surface area contributed by atoms with E-state index in [1.165, 1.54) is 29.6 Å². The van der Waals surface area contributed by atoms with Crippen molar-refractivity contribution in [2.75, 3.05) is 45.8 Å². The van der Waals surface area contributed by atoms with Crippen LogP contribution in [0.25, 0.3) is 0 Å². The smallest absolute Gasteiger partial charge is 0.338 e. The van der Waals surface area contributed by atoms with E-state index in [2.05, 4.69) is 10.1 Å². The van der Waals surface area contributed by atoms with Gasteiger partial charge in [0.05, 0.1) is 37.9 Å². The summed E-state index contributed by atoms with van der Waals surface area (Å²) in [6, 6.07) is 7.17. The number of hydrogen-bond acceptors (Lipinski definition) is 9. The summed E-state index contributed by atoms with van der Waals surface area (Å²) in [7, 11) is -1.51. The van der Waals surface area contributed by atoms with Gasteiger partial charge in [-0.15, -0.1) is 0 Å². The number of sulfonamides is 1. The van der Waals surface area contributed by atoms with Crippen LogP contribution in [0.2, 0.25) is 0 Å². The lowest BCUT2D eigenvalue weighted by Gasteiger charge is -2.26. The molecule has 1 aliphatic heterocycles. The summed E-state index contributed by atoms with van der Waals surface area (Å²) >= 11 is 0. The van der Waals surface area contributed by atoms with Crippen molar-refractivity contribution in [2.24, 2.45) is 0 Å². The third kappa shape index (κ3) is 5.27. The zero-order chi connectivity index (χ0) is 24.2. The van der Waals surface area contributed by atoms with Crippen LogP contribution in [-0.4, -0.2) is 70.0 Å². The third-order valence-electron chi connectivity index (χ3n) is 4.82. The van der Waals surface area contributed by atoms with Gasteiger partial charge in [-0.2, -0.15) is 4.31 Å². The fourth-order valence-corrected chi connectivity index (χ4v) is 4.76. The molecular weight excluding hydrogens is 458 g/mol. The summed E-state index contributed by atoms with van der Waals surface area (Å²) in [4.78, 5) is 34.9. The molecule has 0 saturated carbocycles. The van der Waals surface area contributed by atoms with Gasteiger partial charge in [0.15, 0.2) is 0 Å². The summed E-state index contributed by atoms with van der Waals surface area (Å²) in [5.41, 5.74) is -0.729. The number of carbonyl (C=O) groups excluding carboxylic acids is 2. The topological polar surface area (TPSA) is 154 Å². The number of nitrogens with one attached hydrogen (secondary N) is 1. The fraction of sp³-hybridized carbons (Fsp3) is 0.300. The number of esters is 1. The Morgan fingerprint density at radius 1 is 1.09 bits per heavy atom. The van der Waals surface area contributed by atoms with Crippen LogP contribution in [0, 0.1) is 10.1 Å². The van der Waals surface area contributed by atoms with E-state index in [1.807, 2.05) is 0 Å². The molecule has 1 heterocycles. The average molecular weight is 479 g/mol. The number of hydrogen-bond donors (Lipinski definition) is 1. The minimum absolute atomic E-state index is 0.0859. The number of nitro benzene ring substituents is 1. The number of amides is 1. The van der Waals surface area contributed by atoms with Gasteiger partial charge in [-0.05, 0) is 24.3 Å². The van der Waals surface area contributed by atoms with Crippen molar-refractivity contribution in [2.45, 2.75) is 4.90 Å². The summed E-state index contributed by atoms with van der Waals surface area (Å²) in [6.45, 7) is 0.860. The Bertz CT molecular complexity index is 1190. The number of nitro groups is 1. The van der Waals surface area contributed by atoms with Crippen molar-refractivity contribution < 1.29 is 37.1 Å². The van der Waals surface area contributed by atoms with Crippen LogP contribution in [0.3, 0.4) is 0 Å². The van der Waals surface area contributed by atoms with E-state index in [9.17, 15) is 28.1 Å². The van der Waals surface area contributed by atoms with Gasteiger partial charge < -0.3 is 19.5 Å². The van der Waals surface area contributed by atoms with Crippen molar-refractivity contribution in [1.29, 1.82) is 0 Å². The van der Waals surface area contributed by atoms with E-state index in [4.69, 9.17) is 9.47 Å². The first kappa shape index (κ1) is 24.1. The number of morpholine rings is 1. The molecule has 1 saturated heterocycles. The van der Waals surface area contributed by atoms with Gasteiger partial charge in [0.1, 0.15) is 10.6 Å². The molecule has 33 heavy (non-hydrogen) atoms. The Balaban J connectivity index is 1.95. The van der Waals surface area contributed by atoms with E-state index in [0.29, 0.717) is 0 Å². The number of benzene rings is 2. The van der Waals surface area contributed by atoms with Crippen LogP contribution < -0.4 is 10.1 Å². The average Bonchev–Trinajstić information content (AvgIpc) is 2.83. The molecule has 1 fully saturated rings. The summed E-state index contributed by atoms with van der Waals surface area (Å²) in [5, 5.41) is 13.7. The molecular formula is C20H21N3O9S. The van der Waals surface area contributed by atoms with Crippen LogP contribution in [-0.2, 0) is 19.5 Å². The van der Waals surface area contributed by atoms with E-state index < -0.39 is 32.5 Å². The van der Waals surface area contributed by atoms with Crippen LogP contribution in [0.5, 0.6) is 5.75 Å². The first-order valence-electron chi connectivity index (χ1n) is 9.62. The predicted molar refractivity (Wildman–Crippen MR) is 115 cm³/mol. The van der Waals surface area contributed by atoms with Crippen LogP contribution in [0.15, 0.2) is 41.3 Å². The van der Waals surface area contributed by atoms with Crippen LogP contribution in [0.4, 0.5) is 11.4 Å². The van der Waals surface area contributed by atoms with Crippen molar-refractivity contribution in [3.63, 3.8) is 0 Å². The van der Waals surface area contributed by atoms with Crippen molar-refractivity contribution >= 4 is 33.3 Å². The molecule has 0 unspecified atom stereocenters. The molecule has 176 valence electrons. The number of methoxy groups -OCH3 is 2. The van der Waals surface area contributed by atoms with Crippen molar-refractivity contribution in [1.82, 2.24) is 4.31 Å². The monoisotopic (exact) mass is 479 g/mol. The number of non-ortho nitro benzene ring substituents is 1. The Morgan fingerprint density at radius 2 is 1.76 bits per heavy atom. The molecule has 0 atom stereocenters. The molecule has 1 N–H and O–H groups in total. The molecule has 12 nitrogen and oxygen atoms in total. The minimum Gasteiger partial charge on any atom is -0.495 e. The van der Waals surface area contributed by atoms with Gasteiger partial charge in [0, 0.05) is 36.5 Å². The maximum Gasteiger partial charge on any atom is 0.338 e. The molecule has 0 bridgehead atoms. The minimum atomic E-state index is -3.94. The zero-order valence-electron chi connectivity index (χ0n) is 17.8. The highest BCUT2D eigenvalue weighted by Gasteiger charge is 2.30. The van der Waals surface area contributed by atoms with Crippen molar-refractivity contribution in [3.05, 3.63) is 57.6 Å². The molecule has 0 aromatic heterocycles. The molecule has 0 aliphatic carbocycles. The normalized spacial score (nSPS) is 14.4. The van der Waals surface area contributed by atoms with Crippen LogP contribution >= 0.6 is 0 Å². The first-order chi connectivity index (χ1) is 15.7. The number of ether oxygens (including phenoxy) is 3. The lowest BCUT2D eigenvalue weighted by Crippen LogP contribution is -2.40. The van der Waals surface area contributed by atoms with E-state index in [-0.39, 0.29) is 53.8 Å². The molecule has 1 aliphatic rings. The summed E-state index contributed by atoms with van der Waals surface area (Å²) in [5.74, 6) is -1.55. The summed E-state index contributed by atoms with van der Waals surface area (Å²) in [6.07, 6.45) is 0. The van der Waals surface area contributed by atoms with E-state index in [1.54, 1.807) is 0 Å². The Kier molecular flexibility index (Phi) is 7.26. The van der Waals surface area contributed by atoms with Gasteiger partial charge in [-0.1, -0.05) is 0 Å². The molecule has 0 spiro atoms. The Labute approximate surface area is 189 Å². The van der Waals surface area contributed by atoms with Gasteiger partial charge in [-0.25, -0.2) is 13.2 Å². The zero-order valence-corrected chi connectivity index (χ0v) is 18.6. The second kappa shape index (κ2) is 9.94. The number of rotatable bonds is 7. The van der Waals surface area contributed by atoms with Gasteiger partial charge in [-0.3, -0.25) is 14.9 Å². The highest BCUT2D eigenvalue weighted by molar-refractivity contribution is 7.89. The quantitative estimate of drug-likeness (QED) is 0.355. The standard InChI is InChI=1S/C20H21N3O9S/c1-30-17-4-3-15(12-18(17)33(28,29)22-5-7-32-8-6-22)21-19(24)13-9-14(20(25)31-2)11-16(10-13)23(26)27/h3-4,9-12H,5-8H2,1-2H3,(H,21,24). The predicted octanol–water partition coefficient (Wildman–Crippen LogP) is 1.66. The summed E-state index contributed by atoms with van der Waals surface area (Å²) < 4.78 is 42.4. The second-order valence-electron chi connectivity index (χ2n) is 6.85. The molecule has 0 radical (unpaired) electrons. The fourth-order valence-electron chi connectivity index (χ4n) is 3.17. The van der Waals surface area contributed by atoms with E-state index >= 15 is 0 Å². The molecule has 3 rings (SSSR count). The first-order valence-corrected chi connectivity index (χ1v) is 11.1. The van der Waals surface area contributed by atoms with Gasteiger partial charge in [0.25, 0.3) is 11.6 Å². The number of carbonyl (C=O) groups is 2. The maximum atomic E-state index is 13.1. The Morgan fingerprint density at radius 3 is 2.36 bits per heavy atom. The molecule has 2 aromatic carbocycles. The van der Waals surface area contributed by atoms with Gasteiger partial charge in [0.2, 0.25) is 10.0 Å².